The number of nitrogens with one attached hydrogen (secondary N) is 2. The lowest BCUT2D eigenvalue weighted by Gasteiger charge is -2.46. The third-order valence-corrected chi connectivity index (χ3v) is 10.00. The minimum atomic E-state index is -1.01. The fourth-order valence-corrected chi connectivity index (χ4v) is 7.26. The molecule has 8 nitrogen and oxygen atoms in total. The maximum atomic E-state index is 14.6. The van der Waals surface area contributed by atoms with Crippen molar-refractivity contribution in [1.82, 2.24) is 14.8 Å². The van der Waals surface area contributed by atoms with Crippen LogP contribution in [0.15, 0.2) is 71.3 Å². The van der Waals surface area contributed by atoms with E-state index in [-0.39, 0.29) is 35.6 Å². The van der Waals surface area contributed by atoms with Crippen LogP contribution in [0.4, 0.5) is 5.69 Å². The Morgan fingerprint density at radius 1 is 1.07 bits per heavy atom. The monoisotopic (exact) mass is 582 g/mol. The molecular formula is C35H42N4O4. The minimum Gasteiger partial charge on any atom is -0.497 e. The van der Waals surface area contributed by atoms with Crippen LogP contribution in [0.2, 0.25) is 0 Å². The number of amides is 2. The van der Waals surface area contributed by atoms with Gasteiger partial charge in [-0.05, 0) is 92.1 Å². The highest BCUT2D eigenvalue weighted by Crippen LogP contribution is 2.67. The van der Waals surface area contributed by atoms with E-state index in [1.54, 1.807) is 13.4 Å². The van der Waals surface area contributed by atoms with Crippen LogP contribution in [0.3, 0.4) is 0 Å². The second-order valence-electron chi connectivity index (χ2n) is 12.9. The molecule has 2 N–H and O–H groups in total. The van der Waals surface area contributed by atoms with Crippen LogP contribution in [-0.4, -0.2) is 59.4 Å². The number of methoxy groups -OCH3 is 1. The van der Waals surface area contributed by atoms with Crippen molar-refractivity contribution in [2.75, 3.05) is 32.6 Å². The summed E-state index contributed by atoms with van der Waals surface area (Å²) in [7, 11) is 3.68. The number of carbonyl (C=O) groups excluding carboxylic acids is 2. The van der Waals surface area contributed by atoms with E-state index in [1.165, 1.54) is 10.9 Å². The minimum absolute atomic E-state index is 0.0103. The molecule has 1 aliphatic heterocycles. The van der Waals surface area contributed by atoms with Crippen LogP contribution >= 0.6 is 0 Å². The smallest absolute Gasteiger partial charge is 0.250 e. The van der Waals surface area contributed by atoms with Crippen molar-refractivity contribution < 1.29 is 18.7 Å². The molecule has 2 aromatic heterocycles. The van der Waals surface area contributed by atoms with Crippen molar-refractivity contribution in [2.45, 2.75) is 58.0 Å². The third-order valence-electron chi connectivity index (χ3n) is 10.00. The Balaban J connectivity index is 1.32. The maximum Gasteiger partial charge on any atom is 0.250 e. The first-order valence-electron chi connectivity index (χ1n) is 15.2. The number of furan rings is 1. The molecule has 43 heavy (non-hydrogen) atoms. The van der Waals surface area contributed by atoms with Gasteiger partial charge in [0.05, 0.1) is 19.9 Å². The first-order valence-corrected chi connectivity index (χ1v) is 15.2. The fraction of sp³-hybridized carbons (Fsp3) is 0.429. The lowest BCUT2D eigenvalue weighted by atomic mass is 9.83. The predicted molar refractivity (Wildman–Crippen MR) is 168 cm³/mol. The number of H-pyrrole nitrogens is 1. The Morgan fingerprint density at radius 2 is 1.79 bits per heavy atom. The average Bonchev–Trinajstić information content (AvgIpc) is 3.37. The van der Waals surface area contributed by atoms with Crippen molar-refractivity contribution in [3.8, 4) is 5.75 Å². The molecule has 0 bridgehead atoms. The zero-order valence-corrected chi connectivity index (χ0v) is 25.8. The number of anilines is 1. The Labute approximate surface area is 253 Å². The predicted octanol–water partition coefficient (Wildman–Crippen LogP) is 6.34. The molecule has 226 valence electrons. The number of aromatic amines is 1. The van der Waals surface area contributed by atoms with Crippen molar-refractivity contribution in [1.29, 1.82) is 0 Å². The zero-order chi connectivity index (χ0) is 30.4. The first-order chi connectivity index (χ1) is 20.6. The number of hydrogen-bond acceptors (Lipinski definition) is 5. The van der Waals surface area contributed by atoms with Gasteiger partial charge in [0.15, 0.2) is 0 Å². The molecule has 2 fully saturated rings. The summed E-state index contributed by atoms with van der Waals surface area (Å²) >= 11 is 0. The number of likely N-dealkylation sites (tertiary alicyclic amines) is 1. The van der Waals surface area contributed by atoms with Crippen LogP contribution in [0.25, 0.3) is 10.9 Å². The number of rotatable bonds is 9. The molecule has 0 spiro atoms. The summed E-state index contributed by atoms with van der Waals surface area (Å²) < 4.78 is 11.0. The Morgan fingerprint density at radius 3 is 2.47 bits per heavy atom. The molecule has 6 rings (SSSR count). The van der Waals surface area contributed by atoms with Crippen molar-refractivity contribution in [3.05, 3.63) is 83.9 Å². The van der Waals surface area contributed by atoms with Gasteiger partial charge in [-0.2, -0.15) is 0 Å². The topological polar surface area (TPSA) is 90.8 Å². The highest BCUT2D eigenvalue weighted by atomic mass is 16.5. The SMILES string of the molecule is COc1ccc(NC(=O)C2(N(Cc3ccco3)C(=O)C[C@@H]3[C@@H](c4c(C)[nH]c5ccccc45)C3(C)C)CCN(C)CC2)cc1. The second kappa shape index (κ2) is 11.2. The van der Waals surface area contributed by atoms with Gasteiger partial charge in [0.25, 0.3) is 0 Å². The van der Waals surface area contributed by atoms with Gasteiger partial charge in [0.2, 0.25) is 11.8 Å². The Bertz CT molecular complexity index is 1600. The standard InChI is InChI=1S/C35H42N4O4/c1-23-31(27-10-6-7-11-29(27)36-23)32-28(34(32,2)3)21-30(40)39(22-26-9-8-20-43-26)35(16-18-38(4)19-17-35)33(41)37-24-12-14-25(42-5)15-13-24/h6-15,20,28,32,36H,16-19,21-22H2,1-5H3,(H,37,41)/t28-,32+/m1/s1. The number of carbonyl (C=O) groups is 2. The van der Waals surface area contributed by atoms with E-state index < -0.39 is 5.54 Å². The molecule has 0 radical (unpaired) electrons. The van der Waals surface area contributed by atoms with E-state index in [0.29, 0.717) is 49.5 Å². The van der Waals surface area contributed by atoms with Crippen molar-refractivity contribution in [3.63, 3.8) is 0 Å². The molecule has 2 aromatic carbocycles. The molecule has 2 aliphatic rings. The highest BCUT2D eigenvalue weighted by Gasteiger charge is 2.60. The third kappa shape index (κ3) is 5.33. The quantitative estimate of drug-likeness (QED) is 0.240. The van der Waals surface area contributed by atoms with Gasteiger partial charge in [-0.25, -0.2) is 0 Å². The average molecular weight is 583 g/mol. The summed E-state index contributed by atoms with van der Waals surface area (Å²) in [5.41, 5.74) is 3.21. The van der Waals surface area contributed by atoms with Gasteiger partial charge in [0.1, 0.15) is 17.0 Å². The summed E-state index contributed by atoms with van der Waals surface area (Å²) in [6, 6.07) is 19.4. The lowest BCUT2D eigenvalue weighted by molar-refractivity contribution is -0.150. The van der Waals surface area contributed by atoms with Gasteiger partial charge in [-0.1, -0.05) is 32.0 Å². The molecule has 2 atom stereocenters. The number of benzene rings is 2. The summed E-state index contributed by atoms with van der Waals surface area (Å²) in [5, 5.41) is 4.36. The van der Waals surface area contributed by atoms with Crippen molar-refractivity contribution >= 4 is 28.4 Å². The van der Waals surface area contributed by atoms with E-state index >= 15 is 0 Å². The van der Waals surface area contributed by atoms with Crippen LogP contribution in [0, 0.1) is 18.3 Å². The van der Waals surface area contributed by atoms with E-state index in [1.807, 2.05) is 47.4 Å². The molecule has 4 aromatic rings. The number of hydrogen-bond donors (Lipinski definition) is 2. The van der Waals surface area contributed by atoms with Crippen LogP contribution < -0.4 is 10.1 Å². The fourth-order valence-electron chi connectivity index (χ4n) is 7.26. The number of piperidine rings is 1. The largest absolute Gasteiger partial charge is 0.497 e. The number of para-hydroxylation sites is 1. The van der Waals surface area contributed by atoms with E-state index in [0.717, 1.165) is 11.2 Å². The number of fused-ring (bicyclic) bond motifs is 1. The lowest BCUT2D eigenvalue weighted by Crippen LogP contribution is -2.62. The summed E-state index contributed by atoms with van der Waals surface area (Å²) in [6.45, 7) is 8.32. The van der Waals surface area contributed by atoms with Gasteiger partial charge in [-0.15, -0.1) is 0 Å². The summed E-state index contributed by atoms with van der Waals surface area (Å²) in [4.78, 5) is 36.5. The molecule has 8 heteroatoms. The molecular weight excluding hydrogens is 540 g/mol. The molecule has 1 saturated heterocycles. The number of nitrogens with zero attached hydrogens (tertiary/aromatic N) is 2. The molecule has 1 saturated carbocycles. The maximum absolute atomic E-state index is 14.6. The van der Waals surface area contributed by atoms with Crippen LogP contribution in [0.1, 0.15) is 56.0 Å². The molecule has 3 heterocycles. The first kappa shape index (κ1) is 29.1. The number of aryl methyl sites for hydroxylation is 1. The zero-order valence-electron chi connectivity index (χ0n) is 25.8. The van der Waals surface area contributed by atoms with Gasteiger partial charge >= 0.3 is 0 Å². The molecule has 1 aliphatic carbocycles. The normalized spacial score (nSPS) is 21.0. The van der Waals surface area contributed by atoms with E-state index in [2.05, 4.69) is 61.2 Å². The van der Waals surface area contributed by atoms with E-state index in [4.69, 9.17) is 9.15 Å². The molecule has 0 unspecified atom stereocenters. The van der Waals surface area contributed by atoms with Crippen LogP contribution in [-0.2, 0) is 16.1 Å². The van der Waals surface area contributed by atoms with Gasteiger partial charge in [-0.3, -0.25) is 9.59 Å². The van der Waals surface area contributed by atoms with Crippen LogP contribution in [0.5, 0.6) is 5.75 Å². The van der Waals surface area contributed by atoms with Gasteiger partial charge < -0.3 is 29.3 Å². The Hall–Kier alpha value is -4.04. The van der Waals surface area contributed by atoms with Gasteiger partial charge in [0, 0.05) is 41.8 Å². The van der Waals surface area contributed by atoms with Crippen molar-refractivity contribution in [2.24, 2.45) is 11.3 Å². The summed E-state index contributed by atoms with van der Waals surface area (Å²) in [5.74, 6) is 1.62. The Kier molecular flexibility index (Phi) is 7.59. The molecule has 2 amide bonds. The number of ether oxygens (including phenoxy) is 1. The highest BCUT2D eigenvalue weighted by molar-refractivity contribution is 6.01. The second-order valence-corrected chi connectivity index (χ2v) is 12.9. The van der Waals surface area contributed by atoms with E-state index in [9.17, 15) is 9.59 Å². The summed E-state index contributed by atoms with van der Waals surface area (Å²) in [6.07, 6.45) is 3.06. The number of aromatic nitrogens is 1.